The van der Waals surface area contributed by atoms with E-state index in [1.165, 1.54) is 0 Å². The first-order chi connectivity index (χ1) is 10.6. The van der Waals surface area contributed by atoms with Gasteiger partial charge in [-0.15, -0.1) is 0 Å². The number of esters is 1. The smallest absolute Gasteiger partial charge is 0.459 e. The van der Waals surface area contributed by atoms with Crippen LogP contribution in [0.4, 0.5) is 23.2 Å². The average Bonchev–Trinajstić information content (AvgIpc) is 2.45. The van der Waals surface area contributed by atoms with Crippen LogP contribution in [0.25, 0.3) is 10.4 Å². The number of phosphoric ester groups is 1. The standard InChI is InChI=1S/C9H6F4N3O6P/c10-4-3(9(17)21-1-2-22-23(18,19)20)5(11)7(13)8(6(4)12)15-16-14/h1-2H2,(H2,18,19,20). The molecular formula is C9H6F4N3O6P. The molecule has 1 aromatic carbocycles. The summed E-state index contributed by atoms with van der Waals surface area (Å²) in [5, 5.41) is 2.42. The Morgan fingerprint density at radius 1 is 1.13 bits per heavy atom. The van der Waals surface area contributed by atoms with E-state index in [0.29, 0.717) is 0 Å². The van der Waals surface area contributed by atoms with Crippen LogP contribution in [0.3, 0.4) is 0 Å². The van der Waals surface area contributed by atoms with Gasteiger partial charge in [0.05, 0.1) is 6.61 Å². The van der Waals surface area contributed by atoms with Crippen LogP contribution < -0.4 is 0 Å². The van der Waals surface area contributed by atoms with Crippen LogP contribution in [0.2, 0.25) is 0 Å². The zero-order valence-electron chi connectivity index (χ0n) is 10.7. The van der Waals surface area contributed by atoms with E-state index in [1.54, 1.807) is 0 Å². The number of hydrogen-bond donors (Lipinski definition) is 2. The maximum Gasteiger partial charge on any atom is 0.469 e. The van der Waals surface area contributed by atoms with Crippen LogP contribution in [0, 0.1) is 23.3 Å². The third-order valence-corrected chi connectivity index (χ3v) is 2.68. The van der Waals surface area contributed by atoms with Crippen molar-refractivity contribution >= 4 is 19.5 Å². The summed E-state index contributed by atoms with van der Waals surface area (Å²) < 4.78 is 72.3. The molecule has 126 valence electrons. The van der Waals surface area contributed by atoms with Gasteiger partial charge in [0.1, 0.15) is 17.9 Å². The topological polar surface area (TPSA) is 142 Å². The van der Waals surface area contributed by atoms with Crippen LogP contribution in [0.1, 0.15) is 10.4 Å². The summed E-state index contributed by atoms with van der Waals surface area (Å²) in [4.78, 5) is 30.0. The van der Waals surface area contributed by atoms with Crippen LogP contribution in [0.15, 0.2) is 5.11 Å². The molecule has 0 aliphatic heterocycles. The zero-order valence-corrected chi connectivity index (χ0v) is 11.6. The third-order valence-electron chi connectivity index (χ3n) is 2.17. The number of benzene rings is 1. The molecule has 0 fully saturated rings. The first-order valence-electron chi connectivity index (χ1n) is 5.38. The lowest BCUT2D eigenvalue weighted by Crippen LogP contribution is -2.16. The second-order valence-corrected chi connectivity index (χ2v) is 4.87. The van der Waals surface area contributed by atoms with E-state index in [9.17, 15) is 26.9 Å². The van der Waals surface area contributed by atoms with Gasteiger partial charge in [0.15, 0.2) is 23.3 Å². The van der Waals surface area contributed by atoms with E-state index in [2.05, 4.69) is 14.4 Å². The molecule has 0 heterocycles. The van der Waals surface area contributed by atoms with Crippen LogP contribution >= 0.6 is 7.82 Å². The number of phosphoric acid groups is 1. The quantitative estimate of drug-likeness (QED) is 0.117. The summed E-state index contributed by atoms with van der Waals surface area (Å²) in [6, 6.07) is 0. The summed E-state index contributed by atoms with van der Waals surface area (Å²) in [7, 11) is -4.85. The summed E-state index contributed by atoms with van der Waals surface area (Å²) in [5.41, 5.74) is 4.70. The van der Waals surface area contributed by atoms with Gasteiger partial charge in [-0.25, -0.2) is 26.9 Å². The second-order valence-electron chi connectivity index (χ2n) is 3.63. The lowest BCUT2D eigenvalue weighted by Gasteiger charge is -2.10. The molecule has 0 spiro atoms. The molecule has 1 aromatic rings. The molecule has 0 aliphatic carbocycles. The number of carbonyl (C=O) groups excluding carboxylic acids is 1. The van der Waals surface area contributed by atoms with Gasteiger partial charge in [-0.2, -0.15) is 0 Å². The molecule has 0 atom stereocenters. The Morgan fingerprint density at radius 3 is 2.09 bits per heavy atom. The van der Waals surface area contributed by atoms with Gasteiger partial charge in [0.2, 0.25) is 0 Å². The molecule has 0 amide bonds. The Morgan fingerprint density at radius 2 is 1.65 bits per heavy atom. The Kier molecular flexibility index (Phi) is 6.07. The average molecular weight is 359 g/mol. The fourth-order valence-corrected chi connectivity index (χ4v) is 1.61. The van der Waals surface area contributed by atoms with Gasteiger partial charge in [-0.1, -0.05) is 5.11 Å². The fraction of sp³-hybridized carbons (Fsp3) is 0.222. The number of ether oxygens (including phenoxy) is 1. The molecule has 0 unspecified atom stereocenters. The number of hydrogen-bond acceptors (Lipinski definition) is 5. The molecule has 0 saturated heterocycles. The Hall–Kier alpha value is -2.17. The first kappa shape index (κ1) is 18.9. The van der Waals surface area contributed by atoms with Gasteiger partial charge >= 0.3 is 13.8 Å². The Labute approximate surface area is 124 Å². The van der Waals surface area contributed by atoms with Gasteiger partial charge in [-0.05, 0) is 5.53 Å². The van der Waals surface area contributed by atoms with Crippen molar-refractivity contribution in [2.75, 3.05) is 13.2 Å². The van der Waals surface area contributed by atoms with E-state index < -0.39 is 61.5 Å². The number of halogens is 4. The molecule has 0 aliphatic rings. The molecule has 0 bridgehead atoms. The minimum atomic E-state index is -4.85. The van der Waals surface area contributed by atoms with Crippen molar-refractivity contribution in [3.63, 3.8) is 0 Å². The largest absolute Gasteiger partial charge is 0.469 e. The van der Waals surface area contributed by atoms with Crippen molar-refractivity contribution in [1.82, 2.24) is 0 Å². The summed E-state index contributed by atoms with van der Waals surface area (Å²) in [6.45, 7) is -1.72. The van der Waals surface area contributed by atoms with Crippen molar-refractivity contribution < 1.29 is 46.0 Å². The van der Waals surface area contributed by atoms with E-state index in [0.717, 1.165) is 0 Å². The minimum absolute atomic E-state index is 0.846. The Bertz CT molecular complexity index is 703. The van der Waals surface area contributed by atoms with Crippen molar-refractivity contribution in [2.45, 2.75) is 0 Å². The van der Waals surface area contributed by atoms with Crippen LogP contribution in [0.5, 0.6) is 0 Å². The highest BCUT2D eigenvalue weighted by molar-refractivity contribution is 7.46. The number of azide groups is 1. The van der Waals surface area contributed by atoms with E-state index >= 15 is 0 Å². The van der Waals surface area contributed by atoms with Crippen LogP contribution in [-0.2, 0) is 13.8 Å². The maximum atomic E-state index is 13.6. The number of nitrogens with zero attached hydrogens (tertiary/aromatic N) is 3. The summed E-state index contributed by atoms with van der Waals surface area (Å²) in [5.74, 6) is -10.4. The maximum absolute atomic E-state index is 13.6. The van der Waals surface area contributed by atoms with Crippen LogP contribution in [-0.4, -0.2) is 29.0 Å². The zero-order chi connectivity index (χ0) is 17.8. The molecule has 23 heavy (non-hydrogen) atoms. The normalized spacial score (nSPS) is 11.0. The van der Waals surface area contributed by atoms with E-state index in [-0.39, 0.29) is 0 Å². The SMILES string of the molecule is [N-]=[N+]=Nc1c(F)c(F)c(C(=O)OCCOP(=O)(O)O)c(F)c1F. The van der Waals surface area contributed by atoms with Crippen molar-refractivity contribution in [3.8, 4) is 0 Å². The summed E-state index contributed by atoms with van der Waals surface area (Å²) >= 11 is 0. The number of rotatable bonds is 6. The molecule has 0 aromatic heterocycles. The monoisotopic (exact) mass is 359 g/mol. The van der Waals surface area contributed by atoms with E-state index in [1.807, 2.05) is 4.91 Å². The number of carbonyl (C=O) groups is 1. The Balaban J connectivity index is 3.02. The lowest BCUT2D eigenvalue weighted by molar-refractivity contribution is 0.0412. The van der Waals surface area contributed by atoms with E-state index in [4.69, 9.17) is 15.3 Å². The molecule has 2 N–H and O–H groups in total. The third kappa shape index (κ3) is 4.65. The molecule has 9 nitrogen and oxygen atoms in total. The van der Waals surface area contributed by atoms with Crippen molar-refractivity contribution in [1.29, 1.82) is 0 Å². The lowest BCUT2D eigenvalue weighted by atomic mass is 10.1. The van der Waals surface area contributed by atoms with Gasteiger partial charge < -0.3 is 14.5 Å². The molecular weight excluding hydrogens is 353 g/mol. The minimum Gasteiger partial charge on any atom is -0.459 e. The first-order valence-corrected chi connectivity index (χ1v) is 6.91. The molecule has 0 radical (unpaired) electrons. The highest BCUT2D eigenvalue weighted by Crippen LogP contribution is 2.35. The molecule has 1 rings (SSSR count). The van der Waals surface area contributed by atoms with Gasteiger partial charge in [-0.3, -0.25) is 4.52 Å². The predicted molar refractivity (Wildman–Crippen MR) is 63.4 cm³/mol. The highest BCUT2D eigenvalue weighted by atomic mass is 31.2. The van der Waals surface area contributed by atoms with Gasteiger partial charge in [0.25, 0.3) is 0 Å². The van der Waals surface area contributed by atoms with Crippen molar-refractivity contribution in [2.24, 2.45) is 5.11 Å². The molecule has 14 heteroatoms. The molecule has 0 saturated carbocycles. The van der Waals surface area contributed by atoms with Gasteiger partial charge in [0, 0.05) is 4.91 Å². The van der Waals surface area contributed by atoms with Crippen molar-refractivity contribution in [3.05, 3.63) is 39.3 Å². The second kappa shape index (κ2) is 7.40. The predicted octanol–water partition coefficient (Wildman–Crippen LogP) is 2.45. The fourth-order valence-electron chi connectivity index (χ4n) is 1.29. The summed E-state index contributed by atoms with van der Waals surface area (Å²) in [6.07, 6.45) is 0. The highest BCUT2D eigenvalue weighted by Gasteiger charge is 2.30.